The molecule has 2 unspecified atom stereocenters. The van der Waals surface area contributed by atoms with Gasteiger partial charge in [-0.25, -0.2) is 4.79 Å². The van der Waals surface area contributed by atoms with Crippen LogP contribution in [0, 0.1) is 5.92 Å². The molecule has 2 aliphatic carbocycles. The van der Waals surface area contributed by atoms with E-state index in [0.29, 0.717) is 18.4 Å². The normalized spacial score (nSPS) is 31.2. The molecule has 0 aromatic carbocycles. The van der Waals surface area contributed by atoms with Gasteiger partial charge in [-0.3, -0.25) is 0 Å². The molecule has 0 aliphatic heterocycles. The second-order valence-electron chi connectivity index (χ2n) is 4.59. The van der Waals surface area contributed by atoms with E-state index in [-0.39, 0.29) is 11.2 Å². The number of hydrogen-bond donors (Lipinski definition) is 0. The summed E-state index contributed by atoms with van der Waals surface area (Å²) >= 11 is 0. The van der Waals surface area contributed by atoms with Crippen LogP contribution in [0.15, 0.2) is 4.52 Å². The third-order valence-electron chi connectivity index (χ3n) is 3.72. The van der Waals surface area contributed by atoms with Gasteiger partial charge in [0.25, 0.3) is 5.82 Å². The Hall–Kier alpha value is -1.39. The van der Waals surface area contributed by atoms with Crippen molar-refractivity contribution >= 4 is 5.97 Å². The highest BCUT2D eigenvalue weighted by molar-refractivity contribution is 5.84. The van der Waals surface area contributed by atoms with E-state index in [1.165, 1.54) is 12.8 Å². The van der Waals surface area contributed by atoms with Gasteiger partial charge in [0, 0.05) is 0 Å². The zero-order valence-corrected chi connectivity index (χ0v) is 9.23. The minimum Gasteiger partial charge on any atom is -0.460 e. The van der Waals surface area contributed by atoms with Crippen LogP contribution in [0.3, 0.4) is 0 Å². The SMILES string of the molecule is CCOC(=O)c1noc(C23CCCC2C3)n1. The molecule has 0 saturated heterocycles. The number of carbonyl (C=O) groups excluding carboxylic acids is 1. The van der Waals surface area contributed by atoms with Gasteiger partial charge < -0.3 is 9.26 Å². The third-order valence-corrected chi connectivity index (χ3v) is 3.72. The summed E-state index contributed by atoms with van der Waals surface area (Å²) in [5, 5.41) is 3.69. The topological polar surface area (TPSA) is 65.2 Å². The Balaban J connectivity index is 1.81. The van der Waals surface area contributed by atoms with Crippen molar-refractivity contribution in [2.24, 2.45) is 5.92 Å². The second-order valence-corrected chi connectivity index (χ2v) is 4.59. The van der Waals surface area contributed by atoms with E-state index < -0.39 is 5.97 Å². The molecular formula is C11H14N2O3. The maximum absolute atomic E-state index is 11.4. The zero-order valence-electron chi connectivity index (χ0n) is 9.23. The van der Waals surface area contributed by atoms with Gasteiger partial charge in [-0.1, -0.05) is 6.42 Å². The Morgan fingerprint density at radius 3 is 3.19 bits per heavy atom. The lowest BCUT2D eigenvalue weighted by Gasteiger charge is -2.02. The molecule has 2 saturated carbocycles. The molecule has 2 atom stereocenters. The first-order valence-corrected chi connectivity index (χ1v) is 5.77. The van der Waals surface area contributed by atoms with Crippen LogP contribution in [-0.2, 0) is 10.2 Å². The summed E-state index contributed by atoms with van der Waals surface area (Å²) < 4.78 is 10.0. The first-order chi connectivity index (χ1) is 7.76. The number of ether oxygens (including phenoxy) is 1. The quantitative estimate of drug-likeness (QED) is 0.728. The Morgan fingerprint density at radius 1 is 1.69 bits per heavy atom. The summed E-state index contributed by atoms with van der Waals surface area (Å²) in [6.45, 7) is 2.09. The van der Waals surface area contributed by atoms with Crippen LogP contribution in [-0.4, -0.2) is 22.7 Å². The van der Waals surface area contributed by atoms with Gasteiger partial charge in [0.2, 0.25) is 5.89 Å². The average Bonchev–Trinajstić information content (AvgIpc) is 2.72. The van der Waals surface area contributed by atoms with Crippen molar-refractivity contribution in [2.45, 2.75) is 38.0 Å². The van der Waals surface area contributed by atoms with Crippen LogP contribution in [0.25, 0.3) is 0 Å². The molecule has 1 aromatic rings. The van der Waals surface area contributed by atoms with Gasteiger partial charge in [0.15, 0.2) is 0 Å². The highest BCUT2D eigenvalue weighted by Gasteiger charge is 2.61. The number of carbonyl (C=O) groups is 1. The highest BCUT2D eigenvalue weighted by atomic mass is 16.5. The predicted octanol–water partition coefficient (Wildman–Crippen LogP) is 1.69. The van der Waals surface area contributed by atoms with Crippen LogP contribution in [0.5, 0.6) is 0 Å². The molecule has 86 valence electrons. The smallest absolute Gasteiger partial charge is 0.379 e. The molecular weight excluding hydrogens is 208 g/mol. The summed E-state index contributed by atoms with van der Waals surface area (Å²) in [4.78, 5) is 15.6. The second kappa shape index (κ2) is 3.30. The Bertz CT molecular complexity index is 429. The van der Waals surface area contributed by atoms with E-state index in [0.717, 1.165) is 12.8 Å². The monoisotopic (exact) mass is 222 g/mol. The van der Waals surface area contributed by atoms with E-state index in [4.69, 9.17) is 9.26 Å². The van der Waals surface area contributed by atoms with Crippen LogP contribution in [0.4, 0.5) is 0 Å². The van der Waals surface area contributed by atoms with Crippen molar-refractivity contribution in [3.8, 4) is 0 Å². The number of aromatic nitrogens is 2. The van der Waals surface area contributed by atoms with Crippen LogP contribution < -0.4 is 0 Å². The molecule has 0 amide bonds. The van der Waals surface area contributed by atoms with E-state index >= 15 is 0 Å². The van der Waals surface area contributed by atoms with Crippen molar-refractivity contribution in [1.82, 2.24) is 10.1 Å². The fraction of sp³-hybridized carbons (Fsp3) is 0.727. The lowest BCUT2D eigenvalue weighted by molar-refractivity contribution is 0.0508. The molecule has 0 spiro atoms. The maximum atomic E-state index is 11.4. The molecule has 0 radical (unpaired) electrons. The van der Waals surface area contributed by atoms with Crippen LogP contribution in [0.1, 0.15) is 49.1 Å². The minimum atomic E-state index is -0.496. The first kappa shape index (κ1) is 9.81. The fourth-order valence-corrected chi connectivity index (χ4v) is 2.80. The molecule has 5 nitrogen and oxygen atoms in total. The first-order valence-electron chi connectivity index (χ1n) is 5.77. The van der Waals surface area contributed by atoms with Crippen LogP contribution in [0.2, 0.25) is 0 Å². The van der Waals surface area contributed by atoms with Crippen molar-refractivity contribution < 1.29 is 14.1 Å². The number of esters is 1. The van der Waals surface area contributed by atoms with Gasteiger partial charge in [-0.05, 0) is 37.3 Å². The molecule has 5 heteroatoms. The van der Waals surface area contributed by atoms with E-state index in [1.54, 1.807) is 6.92 Å². The average molecular weight is 222 g/mol. The molecule has 1 heterocycles. The number of hydrogen-bond acceptors (Lipinski definition) is 5. The largest absolute Gasteiger partial charge is 0.460 e. The Kier molecular flexibility index (Phi) is 2.02. The molecule has 0 N–H and O–H groups in total. The lowest BCUT2D eigenvalue weighted by Crippen LogP contribution is -2.09. The Labute approximate surface area is 93.2 Å². The zero-order chi connectivity index (χ0) is 11.2. The summed E-state index contributed by atoms with van der Waals surface area (Å²) in [6.07, 6.45) is 4.72. The molecule has 1 aromatic heterocycles. The van der Waals surface area contributed by atoms with Crippen LogP contribution >= 0.6 is 0 Å². The highest BCUT2D eigenvalue weighted by Crippen LogP contribution is 2.63. The molecule has 2 aliphatic rings. The number of nitrogens with zero attached hydrogens (tertiary/aromatic N) is 2. The van der Waals surface area contributed by atoms with Gasteiger partial charge in [-0.2, -0.15) is 4.98 Å². The lowest BCUT2D eigenvalue weighted by atomic mass is 10.0. The third kappa shape index (κ3) is 1.27. The molecule has 0 bridgehead atoms. The van der Waals surface area contributed by atoms with Gasteiger partial charge in [0.1, 0.15) is 0 Å². The molecule has 16 heavy (non-hydrogen) atoms. The summed E-state index contributed by atoms with van der Waals surface area (Å²) in [5.74, 6) is 0.897. The molecule has 3 rings (SSSR count). The van der Waals surface area contributed by atoms with Crippen molar-refractivity contribution in [3.05, 3.63) is 11.7 Å². The summed E-state index contributed by atoms with van der Waals surface area (Å²) in [6, 6.07) is 0. The standard InChI is InChI=1S/C11H14N2O3/c1-2-15-9(14)8-12-10(16-13-8)11-5-3-4-7(11)6-11/h7H,2-6H2,1H3. The van der Waals surface area contributed by atoms with Crippen molar-refractivity contribution in [3.63, 3.8) is 0 Å². The van der Waals surface area contributed by atoms with Gasteiger partial charge in [0.05, 0.1) is 12.0 Å². The maximum Gasteiger partial charge on any atom is 0.379 e. The van der Waals surface area contributed by atoms with Crippen molar-refractivity contribution in [1.29, 1.82) is 0 Å². The van der Waals surface area contributed by atoms with Crippen molar-refractivity contribution in [2.75, 3.05) is 6.61 Å². The minimum absolute atomic E-state index is 0.0591. The number of rotatable bonds is 3. The van der Waals surface area contributed by atoms with E-state index in [9.17, 15) is 4.79 Å². The van der Waals surface area contributed by atoms with Gasteiger partial charge in [-0.15, -0.1) is 0 Å². The summed E-state index contributed by atoms with van der Waals surface area (Å²) in [5.41, 5.74) is 0.109. The summed E-state index contributed by atoms with van der Waals surface area (Å²) in [7, 11) is 0. The van der Waals surface area contributed by atoms with E-state index in [1.807, 2.05) is 0 Å². The fourth-order valence-electron chi connectivity index (χ4n) is 2.80. The van der Waals surface area contributed by atoms with E-state index in [2.05, 4.69) is 10.1 Å². The van der Waals surface area contributed by atoms with Gasteiger partial charge >= 0.3 is 5.97 Å². The molecule has 2 fully saturated rings. The Morgan fingerprint density at radius 2 is 2.56 bits per heavy atom. The number of fused-ring (bicyclic) bond motifs is 1. The predicted molar refractivity (Wildman–Crippen MR) is 53.9 cm³/mol.